The van der Waals surface area contributed by atoms with Gasteiger partial charge < -0.3 is 5.32 Å². The summed E-state index contributed by atoms with van der Waals surface area (Å²) in [6.07, 6.45) is -3.65. The minimum atomic E-state index is -4.76. The molecule has 0 saturated carbocycles. The maximum absolute atomic E-state index is 13.8. The lowest BCUT2D eigenvalue weighted by atomic mass is 10.2. The third-order valence-corrected chi connectivity index (χ3v) is 4.10. The van der Waals surface area contributed by atoms with Crippen LogP contribution in [0.25, 0.3) is 0 Å². The van der Waals surface area contributed by atoms with Gasteiger partial charge in [0.1, 0.15) is 17.5 Å². The number of para-hydroxylation sites is 1. The molecule has 1 amide bonds. The Hall–Kier alpha value is -3.82. The van der Waals surface area contributed by atoms with Crippen LogP contribution in [-0.2, 0) is 0 Å². The number of aromatic nitrogens is 1. The van der Waals surface area contributed by atoms with E-state index in [1.165, 1.54) is 24.3 Å². The summed E-state index contributed by atoms with van der Waals surface area (Å²) in [5, 5.41) is 2.33. The predicted octanol–water partition coefficient (Wildman–Crippen LogP) is 5.34. The number of carbonyl (C=O) groups is 1. The van der Waals surface area contributed by atoms with Gasteiger partial charge in [-0.3, -0.25) is 14.7 Å². The van der Waals surface area contributed by atoms with Crippen LogP contribution < -0.4 is 10.2 Å². The monoisotopic (exact) mass is 434 g/mol. The van der Waals surface area contributed by atoms with Crippen molar-refractivity contribution in [1.29, 1.82) is 0 Å². The van der Waals surface area contributed by atoms with Gasteiger partial charge in [-0.05, 0) is 42.5 Å². The minimum Gasteiger partial charge on any atom is -0.320 e. The lowest BCUT2D eigenvalue weighted by molar-refractivity contribution is -0.0598. The van der Waals surface area contributed by atoms with E-state index in [9.17, 15) is 26.7 Å². The van der Waals surface area contributed by atoms with Gasteiger partial charge in [0, 0.05) is 12.7 Å². The number of halogens is 5. The van der Waals surface area contributed by atoms with Crippen LogP contribution in [0.15, 0.2) is 71.9 Å². The zero-order valence-corrected chi connectivity index (χ0v) is 16.0. The van der Waals surface area contributed by atoms with Crippen molar-refractivity contribution < 1.29 is 26.7 Å². The van der Waals surface area contributed by atoms with Crippen LogP contribution >= 0.6 is 0 Å². The number of nitrogens with one attached hydrogen (secondary N) is 1. The summed E-state index contributed by atoms with van der Waals surface area (Å²) < 4.78 is 67.6. The Morgan fingerprint density at radius 2 is 1.74 bits per heavy atom. The van der Waals surface area contributed by atoms with Gasteiger partial charge in [0.25, 0.3) is 5.91 Å². The molecule has 0 bridgehead atoms. The second-order valence-corrected chi connectivity index (χ2v) is 6.20. The number of rotatable bonds is 4. The Morgan fingerprint density at radius 1 is 1.03 bits per heavy atom. The number of alkyl halides is 3. The number of carbonyl (C=O) groups excluding carboxylic acids is 1. The first kappa shape index (κ1) is 21.9. The molecular weight excluding hydrogens is 419 g/mol. The number of amidine groups is 1. The SMILES string of the molecule is CN=C(N(c1ccccc1)c1ccc(NC(=O)c2cc(F)ccc2F)cn1)C(F)(F)F. The third-order valence-electron chi connectivity index (χ3n) is 4.10. The van der Waals surface area contributed by atoms with E-state index in [1.54, 1.807) is 18.2 Å². The van der Waals surface area contributed by atoms with Gasteiger partial charge in [0.2, 0.25) is 5.84 Å². The standard InChI is InChI=1S/C21H15F5N4O/c1-27-20(21(24,25)26)30(15-5-3-2-4-6-15)18-10-8-14(12-28-18)29-19(31)16-11-13(22)7-9-17(16)23/h2-12H,1H3,(H,29,31). The van der Waals surface area contributed by atoms with E-state index in [-0.39, 0.29) is 17.2 Å². The molecule has 1 N–H and O–H groups in total. The summed E-state index contributed by atoms with van der Waals surface area (Å²) in [4.78, 5) is 20.4. The molecule has 3 aromatic rings. The van der Waals surface area contributed by atoms with Crippen molar-refractivity contribution in [3.63, 3.8) is 0 Å². The molecule has 3 rings (SSSR count). The van der Waals surface area contributed by atoms with E-state index >= 15 is 0 Å². The molecule has 5 nitrogen and oxygen atoms in total. The molecule has 1 heterocycles. The van der Waals surface area contributed by atoms with Crippen molar-refractivity contribution in [2.45, 2.75) is 6.18 Å². The number of hydrogen-bond acceptors (Lipinski definition) is 3. The predicted molar refractivity (Wildman–Crippen MR) is 107 cm³/mol. The molecule has 1 aromatic heterocycles. The number of hydrogen-bond donors (Lipinski definition) is 1. The van der Waals surface area contributed by atoms with Crippen LogP contribution in [0.1, 0.15) is 10.4 Å². The molecular formula is C21H15F5N4O. The first-order valence-electron chi connectivity index (χ1n) is 8.82. The van der Waals surface area contributed by atoms with Crippen LogP contribution in [-0.4, -0.2) is 30.0 Å². The van der Waals surface area contributed by atoms with Crippen LogP contribution in [0.3, 0.4) is 0 Å². The average Bonchev–Trinajstić information content (AvgIpc) is 2.74. The van der Waals surface area contributed by atoms with Gasteiger partial charge in [-0.2, -0.15) is 13.2 Å². The fourth-order valence-corrected chi connectivity index (χ4v) is 2.76. The average molecular weight is 434 g/mol. The lowest BCUT2D eigenvalue weighted by Gasteiger charge is -2.26. The molecule has 160 valence electrons. The summed E-state index contributed by atoms with van der Waals surface area (Å²) in [7, 11) is 1.01. The second-order valence-electron chi connectivity index (χ2n) is 6.20. The Balaban J connectivity index is 1.91. The van der Waals surface area contributed by atoms with Crippen LogP contribution in [0.2, 0.25) is 0 Å². The number of pyridine rings is 1. The summed E-state index contributed by atoms with van der Waals surface area (Å²) in [5.74, 6) is -3.95. The first-order chi connectivity index (χ1) is 14.7. The molecule has 0 radical (unpaired) electrons. The first-order valence-corrected chi connectivity index (χ1v) is 8.82. The molecule has 10 heteroatoms. The molecule has 0 aliphatic carbocycles. The van der Waals surface area contributed by atoms with E-state index in [2.05, 4.69) is 15.3 Å². The van der Waals surface area contributed by atoms with Crippen molar-refractivity contribution in [2.24, 2.45) is 4.99 Å². The highest BCUT2D eigenvalue weighted by Crippen LogP contribution is 2.31. The maximum Gasteiger partial charge on any atom is 0.449 e. The van der Waals surface area contributed by atoms with Gasteiger partial charge >= 0.3 is 6.18 Å². The van der Waals surface area contributed by atoms with Crippen LogP contribution in [0.5, 0.6) is 0 Å². The topological polar surface area (TPSA) is 57.6 Å². The van der Waals surface area contributed by atoms with Crippen molar-refractivity contribution in [1.82, 2.24) is 4.98 Å². The normalized spacial score (nSPS) is 11.9. The van der Waals surface area contributed by atoms with Crippen molar-refractivity contribution in [3.8, 4) is 0 Å². The van der Waals surface area contributed by atoms with Crippen LogP contribution in [0.4, 0.5) is 39.1 Å². The van der Waals surface area contributed by atoms with Gasteiger partial charge in [-0.1, -0.05) is 18.2 Å². The van der Waals surface area contributed by atoms with Gasteiger partial charge in [-0.15, -0.1) is 0 Å². The lowest BCUT2D eigenvalue weighted by Crippen LogP contribution is -2.38. The Bertz CT molecular complexity index is 1100. The fourth-order valence-electron chi connectivity index (χ4n) is 2.76. The molecule has 0 aliphatic rings. The summed E-state index contributed by atoms with van der Waals surface area (Å²) in [5.41, 5.74) is -0.272. The van der Waals surface area contributed by atoms with Crippen LogP contribution in [0, 0.1) is 11.6 Å². The highest BCUT2D eigenvalue weighted by Gasteiger charge is 2.41. The number of nitrogens with zero attached hydrogens (tertiary/aromatic N) is 3. The molecule has 31 heavy (non-hydrogen) atoms. The Labute approximate surface area is 173 Å². The molecule has 0 fully saturated rings. The second kappa shape index (κ2) is 8.90. The fraction of sp³-hybridized carbons (Fsp3) is 0.0952. The van der Waals surface area contributed by atoms with E-state index in [0.29, 0.717) is 0 Å². The molecule has 0 aliphatic heterocycles. The number of benzene rings is 2. The van der Waals surface area contributed by atoms with Crippen molar-refractivity contribution in [2.75, 3.05) is 17.3 Å². The van der Waals surface area contributed by atoms with E-state index in [4.69, 9.17) is 0 Å². The molecule has 0 spiro atoms. The molecule has 0 saturated heterocycles. The van der Waals surface area contributed by atoms with Gasteiger partial charge in [0.05, 0.1) is 17.4 Å². The minimum absolute atomic E-state index is 0.0763. The summed E-state index contributed by atoms with van der Waals surface area (Å²) in [6, 6.07) is 12.6. The number of amides is 1. The summed E-state index contributed by atoms with van der Waals surface area (Å²) in [6.45, 7) is 0. The molecule has 0 atom stereocenters. The highest BCUT2D eigenvalue weighted by atomic mass is 19.4. The Morgan fingerprint density at radius 3 is 2.32 bits per heavy atom. The number of anilines is 3. The largest absolute Gasteiger partial charge is 0.449 e. The van der Waals surface area contributed by atoms with Crippen molar-refractivity contribution in [3.05, 3.63) is 84.1 Å². The summed E-state index contributed by atoms with van der Waals surface area (Å²) >= 11 is 0. The van der Waals surface area contributed by atoms with Crippen molar-refractivity contribution >= 4 is 28.9 Å². The van der Waals surface area contributed by atoms with Gasteiger partial charge in [0.15, 0.2) is 0 Å². The number of aliphatic imine (C=N–C) groups is 1. The van der Waals surface area contributed by atoms with E-state index < -0.39 is 35.1 Å². The zero-order valence-electron chi connectivity index (χ0n) is 16.0. The van der Waals surface area contributed by atoms with Gasteiger partial charge in [-0.25, -0.2) is 13.8 Å². The smallest absolute Gasteiger partial charge is 0.320 e. The van der Waals surface area contributed by atoms with E-state index in [0.717, 1.165) is 36.3 Å². The third kappa shape index (κ3) is 5.03. The van der Waals surface area contributed by atoms with E-state index in [1.807, 2.05) is 0 Å². The zero-order chi connectivity index (χ0) is 22.6. The highest BCUT2D eigenvalue weighted by molar-refractivity contribution is 6.07. The molecule has 2 aromatic carbocycles. The maximum atomic E-state index is 13.8. The Kier molecular flexibility index (Phi) is 6.28. The quantitative estimate of drug-likeness (QED) is 0.343. The molecule has 0 unspecified atom stereocenters.